The minimum Gasteiger partial charge on any atom is -0.480 e. The molecule has 1 fully saturated rings. The molecule has 6 N–H and O–H groups in total. The molecule has 178 valence electrons. The number of carbonyl (C=O) groups is 4. The molecule has 12 nitrogen and oxygen atoms in total. The predicted molar refractivity (Wildman–Crippen MR) is 119 cm³/mol. The van der Waals surface area contributed by atoms with E-state index in [1.807, 2.05) is 0 Å². The summed E-state index contributed by atoms with van der Waals surface area (Å²) in [7, 11) is 4.67. The highest BCUT2D eigenvalue weighted by Crippen LogP contribution is 2.47. The second-order valence-electron chi connectivity index (χ2n) is 7.41. The van der Waals surface area contributed by atoms with Crippen LogP contribution in [0.3, 0.4) is 0 Å². The molecular weight excluding hydrogens is 462 g/mol. The first kappa shape index (κ1) is 26.0. The number of nitrogens with two attached hydrogens (primary N) is 1. The number of amides is 2. The van der Waals surface area contributed by atoms with Crippen LogP contribution in [-0.4, -0.2) is 98.8 Å². The molecule has 3 atom stereocenters. The van der Waals surface area contributed by atoms with E-state index in [1.54, 1.807) is 19.0 Å². The minimum absolute atomic E-state index is 0.0626. The van der Waals surface area contributed by atoms with E-state index in [2.05, 4.69) is 5.32 Å². The number of carboxylic acids is 2. The van der Waals surface area contributed by atoms with E-state index in [0.29, 0.717) is 5.57 Å². The van der Waals surface area contributed by atoms with Crippen molar-refractivity contribution in [3.8, 4) is 0 Å². The van der Waals surface area contributed by atoms with Crippen LogP contribution in [0.5, 0.6) is 0 Å². The lowest BCUT2D eigenvalue weighted by Crippen LogP contribution is -2.80. The Bertz CT molecular complexity index is 850. The summed E-state index contributed by atoms with van der Waals surface area (Å²) in [4.78, 5) is 50.8. The molecule has 0 saturated carbocycles. The highest BCUT2D eigenvalue weighted by atomic mass is 32.2. The lowest BCUT2D eigenvalue weighted by atomic mass is 9.98. The van der Waals surface area contributed by atoms with Crippen molar-refractivity contribution in [3.63, 3.8) is 0 Å². The molecule has 14 heteroatoms. The number of methoxy groups -OCH3 is 1. The zero-order valence-corrected chi connectivity index (χ0v) is 19.5. The van der Waals surface area contributed by atoms with Gasteiger partial charge in [-0.25, -0.2) is 4.79 Å². The largest absolute Gasteiger partial charge is 0.480 e. The van der Waals surface area contributed by atoms with Gasteiger partial charge in [-0.15, -0.1) is 11.8 Å². The van der Waals surface area contributed by atoms with Crippen LogP contribution in [0.2, 0.25) is 0 Å². The molecule has 1 saturated heterocycles. The van der Waals surface area contributed by atoms with E-state index in [1.165, 1.54) is 18.9 Å². The van der Waals surface area contributed by atoms with Crippen LogP contribution in [0.25, 0.3) is 0 Å². The molecule has 0 aromatic rings. The first-order valence-corrected chi connectivity index (χ1v) is 11.6. The molecule has 32 heavy (non-hydrogen) atoms. The number of nitrogens with one attached hydrogen (secondary N) is 2. The van der Waals surface area contributed by atoms with Gasteiger partial charge in [0.2, 0.25) is 5.91 Å². The fraction of sp³-hybridized carbons (Fsp3) is 0.611. The Balaban J connectivity index is 2.11. The minimum atomic E-state index is -1.70. The van der Waals surface area contributed by atoms with Crippen LogP contribution in [-0.2, 0) is 23.9 Å². The summed E-state index contributed by atoms with van der Waals surface area (Å²) in [6.07, 6.45) is 0.233. The van der Waals surface area contributed by atoms with Gasteiger partial charge in [-0.3, -0.25) is 24.7 Å². The summed E-state index contributed by atoms with van der Waals surface area (Å²) in [6.45, 7) is 0. The Morgan fingerprint density at radius 2 is 2.09 bits per heavy atom. The van der Waals surface area contributed by atoms with Crippen molar-refractivity contribution in [2.75, 3.05) is 32.7 Å². The predicted octanol–water partition coefficient (Wildman–Crippen LogP) is -0.489. The molecule has 2 heterocycles. The Hall–Kier alpha value is -2.29. The topological polar surface area (TPSA) is 186 Å². The van der Waals surface area contributed by atoms with Crippen LogP contribution >= 0.6 is 23.5 Å². The van der Waals surface area contributed by atoms with Crippen molar-refractivity contribution in [2.45, 2.75) is 36.4 Å². The third-order valence-corrected chi connectivity index (χ3v) is 7.49. The lowest BCUT2D eigenvalue weighted by molar-refractivity contribution is -0.192. The van der Waals surface area contributed by atoms with Gasteiger partial charge in [0.05, 0.1) is 0 Å². The zero-order valence-electron chi connectivity index (χ0n) is 17.9. The molecule has 0 aromatic heterocycles. The first-order valence-electron chi connectivity index (χ1n) is 9.60. The quantitative estimate of drug-likeness (QED) is 0.115. The van der Waals surface area contributed by atoms with Gasteiger partial charge in [-0.2, -0.15) is 0 Å². The molecule has 2 amide bonds. The summed E-state index contributed by atoms with van der Waals surface area (Å²) < 4.78 is 5.36. The SMILES string of the molecule is CO[C@@]1(NC(=O)CCCC(N)C(=O)O)C(=O)N2C(C(=O)O)=C(CSC(=N)N(C)C)CS[C@H]21. The van der Waals surface area contributed by atoms with Gasteiger partial charge in [0.25, 0.3) is 11.6 Å². The number of aliphatic carboxylic acids is 2. The molecule has 0 radical (unpaired) electrons. The smallest absolute Gasteiger partial charge is 0.352 e. The highest BCUT2D eigenvalue weighted by Gasteiger charge is 2.66. The molecule has 0 aliphatic carbocycles. The lowest BCUT2D eigenvalue weighted by Gasteiger charge is -2.55. The second-order valence-corrected chi connectivity index (χ2v) is 9.44. The van der Waals surface area contributed by atoms with E-state index in [-0.39, 0.29) is 41.6 Å². The second kappa shape index (κ2) is 10.6. The number of β-lactam (4-membered cyclic amide) rings is 1. The van der Waals surface area contributed by atoms with Crippen LogP contribution < -0.4 is 11.1 Å². The monoisotopic (exact) mass is 489 g/mol. The number of carbonyl (C=O) groups excluding carboxylic acids is 2. The summed E-state index contributed by atoms with van der Waals surface area (Å²) >= 11 is 2.42. The van der Waals surface area contributed by atoms with Crippen molar-refractivity contribution in [1.29, 1.82) is 5.41 Å². The van der Waals surface area contributed by atoms with Gasteiger partial charge in [-0.1, -0.05) is 11.8 Å². The molecule has 2 aliphatic rings. The Morgan fingerprint density at radius 1 is 1.44 bits per heavy atom. The highest BCUT2D eigenvalue weighted by molar-refractivity contribution is 8.13. The Labute approximate surface area is 193 Å². The average Bonchev–Trinajstić information content (AvgIpc) is 2.74. The van der Waals surface area contributed by atoms with Gasteiger partial charge in [0, 0.05) is 39.1 Å². The summed E-state index contributed by atoms with van der Waals surface area (Å²) in [6, 6.07) is -1.08. The fourth-order valence-corrected chi connectivity index (χ4v) is 5.59. The number of hydrogen-bond donors (Lipinski definition) is 5. The number of ether oxygens (including phenoxy) is 1. The maximum atomic E-state index is 13.0. The van der Waals surface area contributed by atoms with E-state index < -0.39 is 40.9 Å². The molecule has 2 aliphatic heterocycles. The maximum Gasteiger partial charge on any atom is 0.352 e. The number of carboxylic acid groups (broad SMARTS) is 2. The van der Waals surface area contributed by atoms with Crippen molar-refractivity contribution in [3.05, 3.63) is 11.3 Å². The molecule has 2 rings (SSSR count). The molecule has 0 aromatic carbocycles. The molecule has 1 unspecified atom stereocenters. The van der Waals surface area contributed by atoms with Crippen LogP contribution in [0, 0.1) is 5.41 Å². The number of nitrogens with zero attached hydrogens (tertiary/aromatic N) is 2. The number of amidine groups is 1. The van der Waals surface area contributed by atoms with Crippen LogP contribution in [0.15, 0.2) is 11.3 Å². The average molecular weight is 490 g/mol. The third kappa shape index (κ3) is 5.19. The maximum absolute atomic E-state index is 13.0. The van der Waals surface area contributed by atoms with E-state index in [0.717, 1.165) is 16.7 Å². The Morgan fingerprint density at radius 3 is 2.62 bits per heavy atom. The van der Waals surface area contributed by atoms with Crippen molar-refractivity contribution < 1.29 is 34.1 Å². The zero-order chi connectivity index (χ0) is 24.2. The molecular formula is C18H27N5O7S2. The van der Waals surface area contributed by atoms with Crippen LogP contribution in [0.1, 0.15) is 19.3 Å². The Kier molecular flexibility index (Phi) is 8.56. The van der Waals surface area contributed by atoms with Gasteiger partial charge in [-0.05, 0) is 18.4 Å². The van der Waals surface area contributed by atoms with E-state index >= 15 is 0 Å². The standard InChI is InChI=1S/C18H27N5O7S2/c1-22(2)17(20)32-8-9-7-31-16-18(30-3,15(29)23(16)12(9)14(27)28)21-11(24)6-4-5-10(19)13(25)26/h10,16,20H,4-8,19H2,1-3H3,(H,21,24)(H,25,26)(H,27,28)/t10?,16-,18-/m0/s1. The van der Waals surface area contributed by atoms with Crippen LogP contribution in [0.4, 0.5) is 0 Å². The molecule has 0 bridgehead atoms. The number of rotatable bonds is 10. The van der Waals surface area contributed by atoms with Crippen molar-refractivity contribution in [2.24, 2.45) is 5.73 Å². The van der Waals surface area contributed by atoms with Crippen molar-refractivity contribution >= 4 is 52.4 Å². The van der Waals surface area contributed by atoms with Crippen molar-refractivity contribution in [1.82, 2.24) is 15.1 Å². The third-order valence-electron chi connectivity index (χ3n) is 4.99. The summed E-state index contributed by atoms with van der Waals surface area (Å²) in [5.41, 5.74) is 4.06. The normalized spacial score (nSPS) is 23.2. The van der Waals surface area contributed by atoms with E-state index in [4.69, 9.17) is 21.0 Å². The van der Waals surface area contributed by atoms with Gasteiger partial charge < -0.3 is 30.9 Å². The molecule has 0 spiro atoms. The number of fused-ring (bicyclic) bond motifs is 1. The summed E-state index contributed by atoms with van der Waals surface area (Å²) in [5.74, 6) is -3.13. The first-order chi connectivity index (χ1) is 15.0. The fourth-order valence-electron chi connectivity index (χ4n) is 3.21. The van der Waals surface area contributed by atoms with Gasteiger partial charge >= 0.3 is 11.9 Å². The number of hydrogen-bond acceptors (Lipinski definition) is 9. The van der Waals surface area contributed by atoms with E-state index in [9.17, 15) is 24.3 Å². The summed E-state index contributed by atoms with van der Waals surface area (Å²) in [5, 5.41) is 28.5. The van der Waals surface area contributed by atoms with Gasteiger partial charge in [0.1, 0.15) is 17.1 Å². The number of thioether (sulfide) groups is 2. The van der Waals surface area contributed by atoms with Gasteiger partial charge in [0.15, 0.2) is 5.17 Å².